The van der Waals surface area contributed by atoms with Crippen LogP contribution in [0.3, 0.4) is 0 Å². The molecule has 0 amide bonds. The Morgan fingerprint density at radius 1 is 1.08 bits per heavy atom. The summed E-state index contributed by atoms with van der Waals surface area (Å²) in [6.07, 6.45) is 7.03. The molecule has 1 aliphatic carbocycles. The van der Waals surface area contributed by atoms with E-state index in [0.29, 0.717) is 28.0 Å². The molecule has 0 unspecified atom stereocenters. The van der Waals surface area contributed by atoms with Crippen molar-refractivity contribution >= 4 is 38.7 Å². The van der Waals surface area contributed by atoms with E-state index in [0.717, 1.165) is 35.7 Å². The molecule has 1 saturated carbocycles. The van der Waals surface area contributed by atoms with Gasteiger partial charge < -0.3 is 4.74 Å². The highest BCUT2D eigenvalue weighted by atomic mass is 79.9. The molecule has 0 bridgehead atoms. The van der Waals surface area contributed by atoms with Gasteiger partial charge in [-0.15, -0.1) is 0 Å². The van der Waals surface area contributed by atoms with Gasteiger partial charge in [-0.25, -0.2) is 4.98 Å². The summed E-state index contributed by atoms with van der Waals surface area (Å²) in [5.41, 5.74) is 2.01. The highest BCUT2D eigenvalue weighted by Crippen LogP contribution is 2.32. The third-order valence-corrected chi connectivity index (χ3v) is 7.07. The van der Waals surface area contributed by atoms with E-state index < -0.39 is 4.92 Å². The molecule has 9 heteroatoms. The topological polar surface area (TPSA) is 99.6 Å². The summed E-state index contributed by atoms with van der Waals surface area (Å²) in [7, 11) is 0. The number of nitrogens with zero attached hydrogens (tertiary/aromatic N) is 4. The molecular formula is C28H25BrN4O4. The number of ether oxygens (including phenoxy) is 1. The van der Waals surface area contributed by atoms with Crippen LogP contribution >= 0.6 is 15.9 Å². The lowest BCUT2D eigenvalue weighted by Gasteiger charge is -2.22. The summed E-state index contributed by atoms with van der Waals surface area (Å²) in [5.74, 6) is 1.46. The van der Waals surface area contributed by atoms with Gasteiger partial charge in [0, 0.05) is 28.1 Å². The van der Waals surface area contributed by atoms with Crippen LogP contribution in [0.1, 0.15) is 55.0 Å². The average Bonchev–Trinajstić information content (AvgIpc) is 2.92. The molecule has 0 aliphatic heterocycles. The fourth-order valence-corrected chi connectivity index (χ4v) is 5.00. The lowest BCUT2D eigenvalue weighted by atomic mass is 9.88. The molecule has 1 heterocycles. The Bertz CT molecular complexity index is 1530. The Balaban J connectivity index is 1.48. The highest BCUT2D eigenvalue weighted by molar-refractivity contribution is 9.10. The smallest absolute Gasteiger partial charge is 0.282 e. The van der Waals surface area contributed by atoms with Crippen LogP contribution < -0.4 is 10.3 Å². The minimum Gasteiger partial charge on any atom is -0.488 e. The average molecular weight is 561 g/mol. The number of nitro benzene ring substituents is 1. The van der Waals surface area contributed by atoms with Crippen LogP contribution in [0.5, 0.6) is 5.75 Å². The number of benzene rings is 3. The Hall–Kier alpha value is -3.85. The first-order valence-electron chi connectivity index (χ1n) is 12.2. The Morgan fingerprint density at radius 3 is 2.59 bits per heavy atom. The summed E-state index contributed by atoms with van der Waals surface area (Å²) in [6, 6.07) is 19.2. The molecule has 0 saturated heterocycles. The lowest BCUT2D eigenvalue weighted by Crippen LogP contribution is -2.25. The molecule has 0 radical (unpaired) electrons. The first-order valence-corrected chi connectivity index (χ1v) is 13.0. The predicted molar refractivity (Wildman–Crippen MR) is 146 cm³/mol. The predicted octanol–water partition coefficient (Wildman–Crippen LogP) is 6.58. The Labute approximate surface area is 221 Å². The van der Waals surface area contributed by atoms with Crippen molar-refractivity contribution in [3.8, 4) is 5.75 Å². The number of rotatable bonds is 7. The molecule has 0 N–H and O–H groups in total. The number of halogens is 1. The summed E-state index contributed by atoms with van der Waals surface area (Å²) in [4.78, 5) is 28.8. The molecule has 0 atom stereocenters. The van der Waals surface area contributed by atoms with E-state index in [2.05, 4.69) is 21.0 Å². The zero-order chi connectivity index (χ0) is 25.8. The summed E-state index contributed by atoms with van der Waals surface area (Å²) >= 11 is 3.50. The highest BCUT2D eigenvalue weighted by Gasteiger charge is 2.22. The fourth-order valence-electron chi connectivity index (χ4n) is 4.62. The van der Waals surface area contributed by atoms with Crippen LogP contribution in [0.25, 0.3) is 10.9 Å². The van der Waals surface area contributed by atoms with Gasteiger partial charge in [-0.1, -0.05) is 47.3 Å². The van der Waals surface area contributed by atoms with Gasteiger partial charge in [-0.05, 0) is 60.9 Å². The standard InChI is InChI=1S/C28H25BrN4O4/c29-22-12-15-26(37-18-19-10-13-23(14-11-19)33(35)36)21(16-22)17-30-32-27(20-6-2-1-3-7-20)31-25-9-5-4-8-24(25)28(32)34/h4-5,8-17,20H,1-3,6-7,18H2. The minimum atomic E-state index is -0.431. The molecule has 0 spiro atoms. The number of non-ortho nitro benzene ring substituents is 1. The molecule has 8 nitrogen and oxygen atoms in total. The molecule has 1 aromatic heterocycles. The summed E-state index contributed by atoms with van der Waals surface area (Å²) in [6.45, 7) is 0.227. The zero-order valence-corrected chi connectivity index (χ0v) is 21.6. The lowest BCUT2D eigenvalue weighted by molar-refractivity contribution is -0.384. The van der Waals surface area contributed by atoms with E-state index >= 15 is 0 Å². The van der Waals surface area contributed by atoms with Crippen molar-refractivity contribution in [1.82, 2.24) is 9.66 Å². The molecule has 5 rings (SSSR count). The summed E-state index contributed by atoms with van der Waals surface area (Å²) in [5, 5.41) is 16.1. The molecule has 188 valence electrons. The van der Waals surface area contributed by atoms with Crippen molar-refractivity contribution in [1.29, 1.82) is 0 Å². The number of aromatic nitrogens is 2. The zero-order valence-electron chi connectivity index (χ0n) is 20.0. The third-order valence-electron chi connectivity index (χ3n) is 6.57. The molecule has 1 fully saturated rings. The van der Waals surface area contributed by atoms with Gasteiger partial charge in [-0.3, -0.25) is 14.9 Å². The molecule has 3 aromatic carbocycles. The van der Waals surface area contributed by atoms with Gasteiger partial charge in [-0.2, -0.15) is 9.78 Å². The van der Waals surface area contributed by atoms with Gasteiger partial charge in [0.05, 0.1) is 22.0 Å². The van der Waals surface area contributed by atoms with Crippen LogP contribution in [-0.4, -0.2) is 20.8 Å². The fraction of sp³-hybridized carbons (Fsp3) is 0.250. The van der Waals surface area contributed by atoms with Crippen LogP contribution in [0.4, 0.5) is 5.69 Å². The van der Waals surface area contributed by atoms with E-state index in [1.807, 2.05) is 36.4 Å². The SMILES string of the molecule is O=c1c2ccccc2nc(C2CCCCC2)n1N=Cc1cc(Br)ccc1OCc1ccc([N+](=O)[O-])cc1. The van der Waals surface area contributed by atoms with Crippen molar-refractivity contribution in [3.63, 3.8) is 0 Å². The van der Waals surface area contributed by atoms with Crippen LogP contribution in [-0.2, 0) is 6.61 Å². The van der Waals surface area contributed by atoms with Crippen LogP contribution in [0.2, 0.25) is 0 Å². The molecular weight excluding hydrogens is 536 g/mol. The molecule has 37 heavy (non-hydrogen) atoms. The van der Waals surface area contributed by atoms with Crippen molar-refractivity contribution in [3.05, 3.63) is 109 Å². The minimum absolute atomic E-state index is 0.0309. The van der Waals surface area contributed by atoms with E-state index in [1.165, 1.54) is 23.2 Å². The maximum atomic E-state index is 13.5. The molecule has 4 aromatic rings. The van der Waals surface area contributed by atoms with E-state index in [-0.39, 0.29) is 23.8 Å². The van der Waals surface area contributed by atoms with Gasteiger partial charge >= 0.3 is 0 Å². The number of hydrogen-bond donors (Lipinski definition) is 0. The maximum absolute atomic E-state index is 13.5. The first-order chi connectivity index (χ1) is 18.0. The maximum Gasteiger partial charge on any atom is 0.282 e. The van der Waals surface area contributed by atoms with Crippen molar-refractivity contribution in [2.75, 3.05) is 0 Å². The van der Waals surface area contributed by atoms with Gasteiger partial charge in [0.1, 0.15) is 18.2 Å². The second-order valence-electron chi connectivity index (χ2n) is 9.08. The van der Waals surface area contributed by atoms with E-state index in [9.17, 15) is 14.9 Å². The van der Waals surface area contributed by atoms with Gasteiger partial charge in [0.25, 0.3) is 11.2 Å². The largest absolute Gasteiger partial charge is 0.488 e. The Morgan fingerprint density at radius 2 is 1.84 bits per heavy atom. The number of para-hydroxylation sites is 1. The first kappa shape index (κ1) is 24.8. The van der Waals surface area contributed by atoms with E-state index in [1.54, 1.807) is 24.4 Å². The monoisotopic (exact) mass is 560 g/mol. The number of nitro groups is 1. The second-order valence-corrected chi connectivity index (χ2v) is 9.99. The number of hydrogen-bond acceptors (Lipinski definition) is 6. The quantitative estimate of drug-likeness (QED) is 0.144. The van der Waals surface area contributed by atoms with Crippen molar-refractivity contribution in [2.24, 2.45) is 5.10 Å². The Kier molecular flexibility index (Phi) is 7.41. The second kappa shape index (κ2) is 11.0. The van der Waals surface area contributed by atoms with Crippen molar-refractivity contribution in [2.45, 2.75) is 44.6 Å². The number of fused-ring (bicyclic) bond motifs is 1. The van der Waals surface area contributed by atoms with E-state index in [4.69, 9.17) is 9.72 Å². The normalized spacial score (nSPS) is 14.3. The van der Waals surface area contributed by atoms with Gasteiger partial charge in [0.15, 0.2) is 0 Å². The van der Waals surface area contributed by atoms with Crippen LogP contribution in [0, 0.1) is 10.1 Å². The van der Waals surface area contributed by atoms with Crippen molar-refractivity contribution < 1.29 is 9.66 Å². The van der Waals surface area contributed by atoms with Gasteiger partial charge in [0.2, 0.25) is 0 Å². The summed E-state index contributed by atoms with van der Waals surface area (Å²) < 4.78 is 8.31. The third kappa shape index (κ3) is 5.61. The molecule has 1 aliphatic rings. The van der Waals surface area contributed by atoms with Crippen LogP contribution in [0.15, 0.2) is 81.1 Å².